The monoisotopic (exact) mass is 279 g/mol. The van der Waals surface area contributed by atoms with E-state index in [1.54, 1.807) is 18.4 Å². The van der Waals surface area contributed by atoms with Gasteiger partial charge in [0.05, 0.1) is 11.8 Å². The van der Waals surface area contributed by atoms with Crippen molar-refractivity contribution >= 4 is 23.1 Å². The molecule has 0 bridgehead atoms. The van der Waals surface area contributed by atoms with Gasteiger partial charge in [-0.15, -0.1) is 0 Å². The van der Waals surface area contributed by atoms with E-state index in [0.29, 0.717) is 12.4 Å². The Labute approximate surface area is 114 Å². The fourth-order valence-corrected chi connectivity index (χ4v) is 2.37. The number of hydrogen-bond donors (Lipinski definition) is 2. The van der Waals surface area contributed by atoms with Crippen molar-refractivity contribution in [1.82, 2.24) is 10.3 Å². The quantitative estimate of drug-likeness (QED) is 0.883. The lowest BCUT2D eigenvalue weighted by atomic mass is 10.2. The molecular weight excluding hydrogens is 265 g/mol. The molecule has 4 nitrogen and oxygen atoms in total. The Morgan fingerprint density at radius 1 is 1.53 bits per heavy atom. The standard InChI is InChI=1S/C13H14FN3OS/c1-15-12-11(6-10(14)7-17-12)13(18)16-4-2-9-3-5-19-8-9/h3,5-8H,2,4H2,1H3,(H,15,17)(H,16,18). The molecule has 0 aliphatic carbocycles. The van der Waals surface area contributed by atoms with Gasteiger partial charge in [0.25, 0.3) is 5.91 Å². The molecule has 2 heterocycles. The number of amides is 1. The van der Waals surface area contributed by atoms with E-state index < -0.39 is 5.82 Å². The van der Waals surface area contributed by atoms with Gasteiger partial charge in [-0.25, -0.2) is 9.37 Å². The molecule has 0 atom stereocenters. The molecule has 0 aliphatic rings. The maximum Gasteiger partial charge on any atom is 0.255 e. The number of carbonyl (C=O) groups excluding carboxylic acids is 1. The number of halogens is 1. The molecule has 0 aromatic carbocycles. The average molecular weight is 279 g/mol. The highest BCUT2D eigenvalue weighted by Gasteiger charge is 2.12. The third kappa shape index (κ3) is 3.51. The minimum atomic E-state index is -0.526. The fourth-order valence-electron chi connectivity index (χ4n) is 1.66. The van der Waals surface area contributed by atoms with Crippen molar-refractivity contribution < 1.29 is 9.18 Å². The lowest BCUT2D eigenvalue weighted by Crippen LogP contribution is -2.26. The zero-order chi connectivity index (χ0) is 13.7. The molecule has 19 heavy (non-hydrogen) atoms. The lowest BCUT2D eigenvalue weighted by molar-refractivity contribution is 0.0954. The SMILES string of the molecule is CNc1ncc(F)cc1C(=O)NCCc1ccsc1. The summed E-state index contributed by atoms with van der Waals surface area (Å²) < 4.78 is 13.1. The summed E-state index contributed by atoms with van der Waals surface area (Å²) in [5.41, 5.74) is 1.39. The zero-order valence-corrected chi connectivity index (χ0v) is 11.3. The highest BCUT2D eigenvalue weighted by atomic mass is 32.1. The van der Waals surface area contributed by atoms with Crippen molar-refractivity contribution in [2.24, 2.45) is 0 Å². The van der Waals surface area contributed by atoms with Crippen molar-refractivity contribution in [3.8, 4) is 0 Å². The van der Waals surface area contributed by atoms with E-state index in [-0.39, 0.29) is 11.5 Å². The molecule has 0 spiro atoms. The normalized spacial score (nSPS) is 10.2. The van der Waals surface area contributed by atoms with Crippen LogP contribution in [0.1, 0.15) is 15.9 Å². The number of nitrogens with one attached hydrogen (secondary N) is 2. The molecule has 0 radical (unpaired) electrons. The summed E-state index contributed by atoms with van der Waals surface area (Å²) >= 11 is 1.62. The second-order valence-electron chi connectivity index (χ2n) is 3.94. The van der Waals surface area contributed by atoms with Crippen molar-refractivity contribution in [1.29, 1.82) is 0 Å². The van der Waals surface area contributed by atoms with E-state index >= 15 is 0 Å². The summed E-state index contributed by atoms with van der Waals surface area (Å²) in [5, 5.41) is 9.56. The van der Waals surface area contributed by atoms with Crippen LogP contribution in [-0.2, 0) is 6.42 Å². The highest BCUT2D eigenvalue weighted by molar-refractivity contribution is 7.07. The van der Waals surface area contributed by atoms with Crippen LogP contribution in [-0.4, -0.2) is 24.5 Å². The van der Waals surface area contributed by atoms with Crippen LogP contribution in [0.25, 0.3) is 0 Å². The van der Waals surface area contributed by atoms with Crippen LogP contribution in [0, 0.1) is 5.82 Å². The van der Waals surface area contributed by atoms with E-state index in [4.69, 9.17) is 0 Å². The molecule has 2 N–H and O–H groups in total. The predicted molar refractivity (Wildman–Crippen MR) is 74.1 cm³/mol. The van der Waals surface area contributed by atoms with Crippen molar-refractivity contribution in [2.75, 3.05) is 18.9 Å². The number of nitrogens with zero attached hydrogens (tertiary/aromatic N) is 1. The zero-order valence-electron chi connectivity index (χ0n) is 10.4. The lowest BCUT2D eigenvalue weighted by Gasteiger charge is -2.08. The van der Waals surface area contributed by atoms with Crippen molar-refractivity contribution in [3.05, 3.63) is 46.0 Å². The Hall–Kier alpha value is -1.95. The number of aromatic nitrogens is 1. The van der Waals surface area contributed by atoms with Gasteiger partial charge in [-0.05, 0) is 34.9 Å². The average Bonchev–Trinajstić information content (AvgIpc) is 2.91. The Bertz CT molecular complexity index is 557. The van der Waals surface area contributed by atoms with Gasteiger partial charge >= 0.3 is 0 Å². The van der Waals surface area contributed by atoms with E-state index in [1.807, 2.05) is 16.8 Å². The first kappa shape index (κ1) is 13.5. The summed E-state index contributed by atoms with van der Waals surface area (Å²) in [6, 6.07) is 3.19. The van der Waals surface area contributed by atoms with Gasteiger partial charge in [0.15, 0.2) is 0 Å². The Kier molecular flexibility index (Phi) is 4.46. The number of anilines is 1. The summed E-state index contributed by atoms with van der Waals surface area (Å²) in [5.74, 6) is -0.483. The van der Waals surface area contributed by atoms with Crippen LogP contribution in [0.15, 0.2) is 29.1 Å². The molecule has 0 aliphatic heterocycles. The number of carbonyl (C=O) groups is 1. The van der Waals surface area contributed by atoms with Crippen molar-refractivity contribution in [3.63, 3.8) is 0 Å². The van der Waals surface area contributed by atoms with Crippen LogP contribution in [0.2, 0.25) is 0 Å². The third-order valence-corrected chi connectivity index (χ3v) is 3.35. The second kappa shape index (κ2) is 6.29. The predicted octanol–water partition coefficient (Wildman–Crippen LogP) is 2.30. The Balaban J connectivity index is 1.97. The minimum absolute atomic E-state index is 0.216. The highest BCUT2D eigenvalue weighted by Crippen LogP contribution is 2.13. The van der Waals surface area contributed by atoms with Crippen LogP contribution < -0.4 is 10.6 Å². The third-order valence-electron chi connectivity index (χ3n) is 2.62. The van der Waals surface area contributed by atoms with Crippen LogP contribution in [0.5, 0.6) is 0 Å². The van der Waals surface area contributed by atoms with Crippen LogP contribution >= 0.6 is 11.3 Å². The maximum absolute atomic E-state index is 13.1. The van der Waals surface area contributed by atoms with Gasteiger partial charge in [-0.1, -0.05) is 0 Å². The molecule has 0 saturated carbocycles. The maximum atomic E-state index is 13.1. The Morgan fingerprint density at radius 3 is 3.05 bits per heavy atom. The molecule has 2 aromatic rings. The first-order valence-corrected chi connectivity index (χ1v) is 6.77. The van der Waals surface area contributed by atoms with Gasteiger partial charge in [-0.3, -0.25) is 4.79 Å². The number of rotatable bonds is 5. The molecule has 0 saturated heterocycles. The summed E-state index contributed by atoms with van der Waals surface area (Å²) in [6.07, 6.45) is 1.83. The molecule has 1 amide bonds. The topological polar surface area (TPSA) is 54.0 Å². The van der Waals surface area contributed by atoms with Gasteiger partial charge < -0.3 is 10.6 Å². The van der Waals surface area contributed by atoms with E-state index in [2.05, 4.69) is 15.6 Å². The minimum Gasteiger partial charge on any atom is -0.372 e. The summed E-state index contributed by atoms with van der Waals surface area (Å²) in [6.45, 7) is 0.509. The first-order valence-electron chi connectivity index (χ1n) is 5.83. The van der Waals surface area contributed by atoms with Gasteiger partial charge in [0.2, 0.25) is 0 Å². The largest absolute Gasteiger partial charge is 0.372 e. The summed E-state index contributed by atoms with van der Waals surface area (Å²) in [7, 11) is 1.64. The molecule has 2 aromatic heterocycles. The van der Waals surface area contributed by atoms with Gasteiger partial charge in [-0.2, -0.15) is 11.3 Å². The molecule has 6 heteroatoms. The number of pyridine rings is 1. The fraction of sp³-hybridized carbons (Fsp3) is 0.231. The van der Waals surface area contributed by atoms with E-state index in [9.17, 15) is 9.18 Å². The van der Waals surface area contributed by atoms with Crippen molar-refractivity contribution in [2.45, 2.75) is 6.42 Å². The van der Waals surface area contributed by atoms with Crippen LogP contribution in [0.3, 0.4) is 0 Å². The van der Waals surface area contributed by atoms with Gasteiger partial charge in [0, 0.05) is 13.6 Å². The van der Waals surface area contributed by atoms with Gasteiger partial charge in [0.1, 0.15) is 11.6 Å². The van der Waals surface area contributed by atoms with Crippen LogP contribution in [0.4, 0.5) is 10.2 Å². The molecule has 0 fully saturated rings. The molecule has 100 valence electrons. The summed E-state index contributed by atoms with van der Waals surface area (Å²) in [4.78, 5) is 15.8. The number of thiophene rings is 1. The second-order valence-corrected chi connectivity index (χ2v) is 4.72. The van der Waals surface area contributed by atoms with E-state index in [1.165, 1.54) is 11.6 Å². The smallest absolute Gasteiger partial charge is 0.255 e. The molecule has 2 rings (SSSR count). The molecular formula is C13H14FN3OS. The number of hydrogen-bond acceptors (Lipinski definition) is 4. The Morgan fingerprint density at radius 2 is 2.37 bits per heavy atom. The first-order chi connectivity index (χ1) is 9.20. The van der Waals surface area contributed by atoms with E-state index in [0.717, 1.165) is 12.6 Å². The molecule has 0 unspecified atom stereocenters.